The second-order valence-electron chi connectivity index (χ2n) is 4.76. The zero-order valence-corrected chi connectivity index (χ0v) is 9.38. The molecule has 4 unspecified atom stereocenters. The second kappa shape index (κ2) is 4.29. The van der Waals surface area contributed by atoms with E-state index in [2.05, 4.69) is 6.92 Å². The summed E-state index contributed by atoms with van der Waals surface area (Å²) >= 11 is 0. The summed E-state index contributed by atoms with van der Waals surface area (Å²) in [6, 6.07) is -2.41. The predicted molar refractivity (Wildman–Crippen MR) is 53.4 cm³/mol. The lowest BCUT2D eigenvalue weighted by atomic mass is 10.1. The molecule has 2 N–H and O–H groups in total. The molecule has 1 aliphatic carbocycles. The molecule has 1 saturated carbocycles. The molecule has 4 atom stereocenters. The van der Waals surface area contributed by atoms with E-state index in [1.165, 1.54) is 18.9 Å². The summed E-state index contributed by atoms with van der Waals surface area (Å²) < 4.78 is 38.0. The first kappa shape index (κ1) is 12.8. The van der Waals surface area contributed by atoms with Crippen LogP contribution >= 0.6 is 0 Å². The lowest BCUT2D eigenvalue weighted by molar-refractivity contribution is -0.185. The van der Waals surface area contributed by atoms with Gasteiger partial charge in [-0.05, 0) is 32.2 Å². The topological polar surface area (TPSA) is 29.3 Å². The summed E-state index contributed by atoms with van der Waals surface area (Å²) in [7, 11) is 1.51. The van der Waals surface area contributed by atoms with E-state index in [4.69, 9.17) is 5.73 Å². The van der Waals surface area contributed by atoms with Gasteiger partial charge in [0.05, 0.1) is 0 Å². The first-order chi connectivity index (χ1) is 6.73. The Balaban J connectivity index is 2.55. The smallest absolute Gasteiger partial charge is 0.326 e. The standard InChI is InChI=1S/C10H19F3N2/c1-6-4-8(6)5-15(3)9(7(2)14)10(11,12)13/h6-9H,4-5,14H2,1-3H3. The van der Waals surface area contributed by atoms with Crippen LogP contribution in [0.5, 0.6) is 0 Å². The summed E-state index contributed by atoms with van der Waals surface area (Å²) in [5.74, 6) is 0.980. The Kier molecular flexibility index (Phi) is 3.66. The fourth-order valence-corrected chi connectivity index (χ4v) is 2.09. The summed E-state index contributed by atoms with van der Waals surface area (Å²) in [5.41, 5.74) is 5.39. The van der Waals surface area contributed by atoms with Gasteiger partial charge in [-0.2, -0.15) is 13.2 Å². The molecular weight excluding hydrogens is 205 g/mol. The van der Waals surface area contributed by atoms with Gasteiger partial charge in [0, 0.05) is 12.6 Å². The van der Waals surface area contributed by atoms with Crippen molar-refractivity contribution in [2.24, 2.45) is 17.6 Å². The van der Waals surface area contributed by atoms with Crippen LogP contribution in [0, 0.1) is 11.8 Å². The number of hydrogen-bond donors (Lipinski definition) is 1. The highest BCUT2D eigenvalue weighted by molar-refractivity contribution is 4.90. The summed E-state index contributed by atoms with van der Waals surface area (Å²) in [4.78, 5) is 1.35. The van der Waals surface area contributed by atoms with E-state index in [1.54, 1.807) is 0 Å². The van der Waals surface area contributed by atoms with Gasteiger partial charge >= 0.3 is 6.18 Å². The average Bonchev–Trinajstić information content (AvgIpc) is 2.60. The fraction of sp³-hybridized carbons (Fsp3) is 1.00. The molecule has 0 saturated heterocycles. The van der Waals surface area contributed by atoms with Crippen molar-refractivity contribution in [1.82, 2.24) is 4.90 Å². The molecule has 0 aromatic heterocycles. The number of rotatable bonds is 4. The zero-order valence-electron chi connectivity index (χ0n) is 9.38. The predicted octanol–water partition coefficient (Wildman–Crippen LogP) is 1.85. The minimum absolute atomic E-state index is 0.415. The van der Waals surface area contributed by atoms with E-state index in [0.29, 0.717) is 18.4 Å². The molecule has 0 aromatic rings. The van der Waals surface area contributed by atoms with Gasteiger partial charge < -0.3 is 5.73 Å². The summed E-state index contributed by atoms with van der Waals surface area (Å²) in [6.45, 7) is 3.96. The van der Waals surface area contributed by atoms with Crippen LogP contribution in [-0.2, 0) is 0 Å². The molecule has 1 aliphatic rings. The van der Waals surface area contributed by atoms with E-state index in [9.17, 15) is 13.2 Å². The van der Waals surface area contributed by atoms with Crippen LogP contribution in [0.25, 0.3) is 0 Å². The van der Waals surface area contributed by atoms with E-state index in [-0.39, 0.29) is 0 Å². The van der Waals surface area contributed by atoms with Crippen LogP contribution in [0.2, 0.25) is 0 Å². The molecule has 2 nitrogen and oxygen atoms in total. The third kappa shape index (κ3) is 3.34. The molecular formula is C10H19F3N2. The quantitative estimate of drug-likeness (QED) is 0.789. The maximum Gasteiger partial charge on any atom is 0.405 e. The minimum Gasteiger partial charge on any atom is -0.326 e. The van der Waals surface area contributed by atoms with E-state index >= 15 is 0 Å². The molecule has 0 spiro atoms. The van der Waals surface area contributed by atoms with Crippen molar-refractivity contribution >= 4 is 0 Å². The summed E-state index contributed by atoms with van der Waals surface area (Å²) in [5, 5.41) is 0. The first-order valence-corrected chi connectivity index (χ1v) is 5.26. The fourth-order valence-electron chi connectivity index (χ4n) is 2.09. The van der Waals surface area contributed by atoms with Gasteiger partial charge in [-0.15, -0.1) is 0 Å². The van der Waals surface area contributed by atoms with E-state index in [1.807, 2.05) is 0 Å². The first-order valence-electron chi connectivity index (χ1n) is 5.26. The van der Waals surface area contributed by atoms with Crippen LogP contribution in [0.4, 0.5) is 13.2 Å². The van der Waals surface area contributed by atoms with E-state index in [0.717, 1.165) is 6.42 Å². The van der Waals surface area contributed by atoms with E-state index < -0.39 is 18.3 Å². The molecule has 0 aromatic carbocycles. The van der Waals surface area contributed by atoms with Crippen molar-refractivity contribution in [2.75, 3.05) is 13.6 Å². The van der Waals surface area contributed by atoms with Crippen molar-refractivity contribution in [3.8, 4) is 0 Å². The van der Waals surface area contributed by atoms with Crippen LogP contribution in [0.1, 0.15) is 20.3 Å². The highest BCUT2D eigenvalue weighted by Crippen LogP contribution is 2.39. The van der Waals surface area contributed by atoms with Gasteiger partial charge in [-0.3, -0.25) is 4.90 Å². The highest BCUT2D eigenvalue weighted by Gasteiger charge is 2.46. The van der Waals surface area contributed by atoms with Crippen molar-refractivity contribution in [1.29, 1.82) is 0 Å². The van der Waals surface area contributed by atoms with Crippen LogP contribution in [-0.4, -0.2) is 36.8 Å². The number of hydrogen-bond acceptors (Lipinski definition) is 2. The van der Waals surface area contributed by atoms with Gasteiger partial charge in [0.25, 0.3) is 0 Å². The third-order valence-electron chi connectivity index (χ3n) is 3.11. The molecule has 1 fully saturated rings. The zero-order chi connectivity index (χ0) is 11.8. The molecule has 5 heteroatoms. The monoisotopic (exact) mass is 224 g/mol. The average molecular weight is 224 g/mol. The molecule has 0 aliphatic heterocycles. The van der Waals surface area contributed by atoms with Crippen molar-refractivity contribution in [3.05, 3.63) is 0 Å². The third-order valence-corrected chi connectivity index (χ3v) is 3.11. The van der Waals surface area contributed by atoms with Gasteiger partial charge in [-0.1, -0.05) is 6.92 Å². The molecule has 0 radical (unpaired) electrons. The van der Waals surface area contributed by atoms with Gasteiger partial charge in [0.15, 0.2) is 0 Å². The van der Waals surface area contributed by atoms with Gasteiger partial charge in [0.1, 0.15) is 6.04 Å². The molecule has 15 heavy (non-hydrogen) atoms. The Morgan fingerprint density at radius 2 is 1.93 bits per heavy atom. The molecule has 0 heterocycles. The molecule has 0 amide bonds. The Labute approximate surface area is 88.6 Å². The SMILES string of the molecule is CC(N)C(N(C)CC1CC1C)C(F)(F)F. The Bertz CT molecular complexity index is 215. The van der Waals surface area contributed by atoms with Crippen molar-refractivity contribution < 1.29 is 13.2 Å². The lowest BCUT2D eigenvalue weighted by Gasteiger charge is -2.32. The van der Waals surface area contributed by atoms with Crippen molar-refractivity contribution in [3.63, 3.8) is 0 Å². The molecule has 1 rings (SSSR count). The minimum atomic E-state index is -4.24. The normalized spacial score (nSPS) is 30.4. The van der Waals surface area contributed by atoms with Crippen LogP contribution in [0.15, 0.2) is 0 Å². The van der Waals surface area contributed by atoms with Gasteiger partial charge in [0.2, 0.25) is 0 Å². The Morgan fingerprint density at radius 1 is 1.47 bits per heavy atom. The summed E-state index contributed by atoms with van der Waals surface area (Å²) in [6.07, 6.45) is -3.20. The number of alkyl halides is 3. The number of likely N-dealkylation sites (N-methyl/N-ethyl adjacent to an activating group) is 1. The molecule has 0 bridgehead atoms. The number of nitrogens with two attached hydrogens (primary N) is 1. The largest absolute Gasteiger partial charge is 0.405 e. The van der Waals surface area contributed by atoms with Crippen LogP contribution < -0.4 is 5.73 Å². The second-order valence-corrected chi connectivity index (χ2v) is 4.76. The van der Waals surface area contributed by atoms with Crippen LogP contribution in [0.3, 0.4) is 0 Å². The maximum atomic E-state index is 12.7. The maximum absolute atomic E-state index is 12.7. The number of halogens is 3. The Morgan fingerprint density at radius 3 is 2.20 bits per heavy atom. The number of nitrogens with zero attached hydrogens (tertiary/aromatic N) is 1. The Hall–Kier alpha value is -0.290. The molecule has 90 valence electrons. The van der Waals surface area contributed by atoms with Gasteiger partial charge in [-0.25, -0.2) is 0 Å². The highest BCUT2D eigenvalue weighted by atomic mass is 19.4. The lowest BCUT2D eigenvalue weighted by Crippen LogP contribution is -2.54. The van der Waals surface area contributed by atoms with Crippen molar-refractivity contribution in [2.45, 2.75) is 38.5 Å².